The molecule has 57 heavy (non-hydrogen) atoms. The monoisotopic (exact) mass is 802 g/mol. The van der Waals surface area contributed by atoms with E-state index < -0.39 is 72.1 Å². The van der Waals surface area contributed by atoms with Crippen LogP contribution in [0.15, 0.2) is 4.99 Å². The summed E-state index contributed by atoms with van der Waals surface area (Å²) in [5.74, 6) is -2.57. The molecule has 2 saturated heterocycles. The number of carbonyl (C=O) groups excluding carboxylic acids is 5. The molecule has 320 valence electrons. The van der Waals surface area contributed by atoms with Crippen molar-refractivity contribution in [2.75, 3.05) is 19.6 Å². The molecule has 0 aromatic carbocycles. The lowest BCUT2D eigenvalue weighted by atomic mass is 9.73. The first-order valence-corrected chi connectivity index (χ1v) is 22.0. The quantitative estimate of drug-likeness (QED) is 0.104. The van der Waals surface area contributed by atoms with Gasteiger partial charge in [0, 0.05) is 18.0 Å². The largest absolute Gasteiger partial charge is 0.386 e. The first-order valence-electron chi connectivity index (χ1n) is 22.0. The maximum Gasteiger partial charge on any atom is 0.289 e. The lowest BCUT2D eigenvalue weighted by molar-refractivity contribution is -0.145. The molecule has 4 saturated carbocycles. The molecule has 0 aromatic rings. The first-order chi connectivity index (χ1) is 26.9. The van der Waals surface area contributed by atoms with E-state index in [0.717, 1.165) is 77.0 Å². The number of alkyl halides is 2. The smallest absolute Gasteiger partial charge is 0.289 e. The summed E-state index contributed by atoms with van der Waals surface area (Å²) in [6.45, 7) is 12.4. The standard InChI is InChI=1S/C43H69F2N7O5/c1-7-14-28(33(53)38(56)47-27-18-19-27)48-36(54)30-23-43(41(5,6)42(43)20-13-21-42)25-52(30)39(57)34(40(2,3)4)50-37(55)32(26-15-9-8-10-16-26)49-35(46)29-17-11-12-22-51(29)24-31(44)45/h26-32,34H,7-25H2,1-6H3,(H2,46,49)(H,47,56)(H,48,54)(H,50,55)/t28?,29-,30-,32-,34+,43+/m0/s1. The van der Waals surface area contributed by atoms with E-state index in [0.29, 0.717) is 32.4 Å². The van der Waals surface area contributed by atoms with Crippen LogP contribution in [-0.2, 0) is 24.0 Å². The van der Waals surface area contributed by atoms with E-state index in [1.54, 1.807) is 9.80 Å². The number of rotatable bonds is 15. The van der Waals surface area contributed by atoms with Gasteiger partial charge in [0.2, 0.25) is 23.5 Å². The number of Topliss-reactive ketones (excluding diaryl/α,β-unsaturated/α-hetero) is 1. The molecular formula is C43H69F2N7O5. The summed E-state index contributed by atoms with van der Waals surface area (Å²) in [6.07, 6.45) is 10.2. The Morgan fingerprint density at radius 3 is 2.11 bits per heavy atom. The summed E-state index contributed by atoms with van der Waals surface area (Å²) < 4.78 is 27.1. The van der Waals surface area contributed by atoms with Crippen molar-refractivity contribution >= 4 is 35.2 Å². The Hall–Kier alpha value is -3.16. The predicted octanol–water partition coefficient (Wildman–Crippen LogP) is 4.87. The Balaban J connectivity index is 1.28. The molecule has 0 radical (unpaired) electrons. The number of fused-ring (bicyclic) bond motifs is 1. The molecule has 5 N–H and O–H groups in total. The fourth-order valence-electron chi connectivity index (χ4n) is 11.4. The number of carbonyl (C=O) groups is 5. The van der Waals surface area contributed by atoms with E-state index >= 15 is 4.79 Å². The van der Waals surface area contributed by atoms with Gasteiger partial charge in [-0.2, -0.15) is 0 Å². The minimum atomic E-state index is -2.52. The van der Waals surface area contributed by atoms with E-state index in [1.807, 2.05) is 27.7 Å². The maximum absolute atomic E-state index is 15.1. The van der Waals surface area contributed by atoms with Gasteiger partial charge in [0.05, 0.1) is 18.6 Å². The molecule has 2 heterocycles. The molecule has 4 amide bonds. The van der Waals surface area contributed by atoms with E-state index in [2.05, 4.69) is 29.8 Å². The number of hydrogen-bond acceptors (Lipinski definition) is 7. The number of amidine groups is 1. The Bertz CT molecular complexity index is 1570. The molecule has 6 fully saturated rings. The van der Waals surface area contributed by atoms with Gasteiger partial charge in [-0.3, -0.25) is 33.9 Å². The third-order valence-electron chi connectivity index (χ3n) is 15.1. The van der Waals surface area contributed by atoms with Crippen molar-refractivity contribution in [3.05, 3.63) is 0 Å². The van der Waals surface area contributed by atoms with E-state index in [4.69, 9.17) is 10.7 Å². The highest BCUT2D eigenvalue weighted by atomic mass is 19.3. The SMILES string of the molecule is CCCC(NC(=O)[C@@H]1C[C@@]2(CN1C(=O)[C@@H](NC(=O)[C@@H](N=C(N)[C@@H]1CCCCN1CC(F)F)C1CCCCC1)C(C)(C)C)C(C)(C)C21CCC1)C(=O)C(=O)NC1CC1. The van der Waals surface area contributed by atoms with Crippen LogP contribution in [-0.4, -0.2) is 107 Å². The first kappa shape index (κ1) is 43.4. The van der Waals surface area contributed by atoms with Crippen molar-refractivity contribution in [3.63, 3.8) is 0 Å². The van der Waals surface area contributed by atoms with E-state index in [9.17, 15) is 28.0 Å². The van der Waals surface area contributed by atoms with Crippen LogP contribution in [0.5, 0.6) is 0 Å². The zero-order chi connectivity index (χ0) is 41.5. The number of halogens is 2. The third-order valence-corrected chi connectivity index (χ3v) is 15.1. The Morgan fingerprint density at radius 2 is 1.54 bits per heavy atom. The molecule has 0 bridgehead atoms. The topological polar surface area (TPSA) is 166 Å². The molecule has 6 rings (SSSR count). The molecule has 2 spiro atoms. The van der Waals surface area contributed by atoms with Crippen molar-refractivity contribution < 1.29 is 32.8 Å². The number of amides is 4. The van der Waals surface area contributed by atoms with Gasteiger partial charge in [0.1, 0.15) is 24.0 Å². The highest BCUT2D eigenvalue weighted by molar-refractivity contribution is 6.38. The van der Waals surface area contributed by atoms with Crippen LogP contribution in [0.4, 0.5) is 8.78 Å². The summed E-state index contributed by atoms with van der Waals surface area (Å²) in [7, 11) is 0. The minimum Gasteiger partial charge on any atom is -0.386 e. The van der Waals surface area contributed by atoms with Crippen molar-refractivity contribution in [2.24, 2.45) is 38.3 Å². The highest BCUT2D eigenvalue weighted by Crippen LogP contribution is 2.88. The predicted molar refractivity (Wildman–Crippen MR) is 214 cm³/mol. The second-order valence-corrected chi connectivity index (χ2v) is 19.9. The second-order valence-electron chi connectivity index (χ2n) is 19.9. The fraction of sp³-hybridized carbons (Fsp3) is 0.860. The molecule has 4 aliphatic carbocycles. The minimum absolute atomic E-state index is 0.00480. The van der Waals surface area contributed by atoms with Gasteiger partial charge in [-0.25, -0.2) is 8.78 Å². The van der Waals surface area contributed by atoms with Crippen LogP contribution in [0.1, 0.15) is 144 Å². The van der Waals surface area contributed by atoms with Gasteiger partial charge in [-0.15, -0.1) is 0 Å². The molecular weight excluding hydrogens is 733 g/mol. The summed E-state index contributed by atoms with van der Waals surface area (Å²) in [5, 5.41) is 8.77. The summed E-state index contributed by atoms with van der Waals surface area (Å²) in [5.41, 5.74) is 5.44. The van der Waals surface area contributed by atoms with Gasteiger partial charge < -0.3 is 26.6 Å². The molecule has 1 unspecified atom stereocenters. The molecule has 2 aliphatic heterocycles. The van der Waals surface area contributed by atoms with Crippen molar-refractivity contribution in [1.29, 1.82) is 0 Å². The molecule has 0 aromatic heterocycles. The normalized spacial score (nSPS) is 29.1. The summed E-state index contributed by atoms with van der Waals surface area (Å²) in [4.78, 5) is 78.6. The maximum atomic E-state index is 15.1. The van der Waals surface area contributed by atoms with E-state index in [1.165, 1.54) is 0 Å². The average Bonchev–Trinajstić information content (AvgIpc) is 3.96. The second kappa shape index (κ2) is 16.8. The zero-order valence-corrected chi connectivity index (χ0v) is 35.3. The average molecular weight is 802 g/mol. The van der Waals surface area contributed by atoms with Crippen molar-refractivity contribution in [1.82, 2.24) is 25.8 Å². The lowest BCUT2D eigenvalue weighted by Gasteiger charge is -2.38. The number of ketones is 1. The zero-order valence-electron chi connectivity index (χ0n) is 35.3. The van der Waals surface area contributed by atoms with Crippen LogP contribution in [0.3, 0.4) is 0 Å². The highest BCUT2D eigenvalue weighted by Gasteiger charge is 2.85. The Kier molecular flexibility index (Phi) is 12.8. The number of hydrogen-bond donors (Lipinski definition) is 4. The van der Waals surface area contributed by atoms with E-state index in [-0.39, 0.29) is 46.4 Å². The van der Waals surface area contributed by atoms with Crippen molar-refractivity contribution in [2.45, 2.75) is 187 Å². The lowest BCUT2D eigenvalue weighted by Crippen LogP contribution is -2.60. The summed E-state index contributed by atoms with van der Waals surface area (Å²) >= 11 is 0. The number of likely N-dealkylation sites (tertiary alicyclic amines) is 2. The number of nitrogens with zero attached hydrogens (tertiary/aromatic N) is 3. The van der Waals surface area contributed by atoms with Gasteiger partial charge in [-0.1, -0.05) is 80.1 Å². The van der Waals surface area contributed by atoms with Crippen LogP contribution in [0.2, 0.25) is 0 Å². The molecule has 14 heteroatoms. The van der Waals surface area contributed by atoms with Crippen LogP contribution in [0, 0.1) is 27.6 Å². The van der Waals surface area contributed by atoms with Crippen molar-refractivity contribution in [3.8, 4) is 0 Å². The van der Waals surface area contributed by atoms with Gasteiger partial charge in [0.25, 0.3) is 12.3 Å². The number of nitrogens with one attached hydrogen (secondary N) is 3. The number of aliphatic imine (C=N–C) groups is 1. The third kappa shape index (κ3) is 8.49. The summed E-state index contributed by atoms with van der Waals surface area (Å²) in [6, 6.07) is -4.33. The molecule has 12 nitrogen and oxygen atoms in total. The molecule has 6 atom stereocenters. The van der Waals surface area contributed by atoms with Gasteiger partial charge in [-0.05, 0) is 92.9 Å². The number of nitrogens with two attached hydrogens (primary N) is 1. The van der Waals surface area contributed by atoms with Crippen LogP contribution >= 0.6 is 0 Å². The Labute approximate surface area is 338 Å². The fourth-order valence-corrected chi connectivity index (χ4v) is 11.4. The molecule has 6 aliphatic rings. The van der Waals surface area contributed by atoms with Crippen LogP contribution < -0.4 is 21.7 Å². The van der Waals surface area contributed by atoms with Crippen LogP contribution in [0.25, 0.3) is 0 Å². The van der Waals surface area contributed by atoms with Gasteiger partial charge >= 0.3 is 0 Å². The number of piperidine rings is 1. The van der Waals surface area contributed by atoms with Gasteiger partial charge in [0.15, 0.2) is 0 Å². The Morgan fingerprint density at radius 1 is 0.877 bits per heavy atom.